The third kappa shape index (κ3) is 6.78. The number of thioether (sulfide) groups is 2. The Balaban J connectivity index is 1.63. The largest absolute Gasteiger partial charge is 0.507 e. The molecule has 200 valence electrons. The number of aromatic hydroxyl groups is 1. The average Bonchev–Trinajstić information content (AvgIpc) is 3.29. The summed E-state index contributed by atoms with van der Waals surface area (Å²) in [5, 5.41) is 10.9. The fraction of sp³-hybridized carbons (Fsp3) is 0.667. The molecule has 36 heavy (non-hydrogen) atoms. The van der Waals surface area contributed by atoms with Crippen LogP contribution < -0.4 is 0 Å². The zero-order valence-corrected chi connectivity index (χ0v) is 24.4. The van der Waals surface area contributed by atoms with Crippen LogP contribution in [0.15, 0.2) is 12.1 Å². The SMILES string of the molecule is CN(CCCN1C(=O)CSC1=O)CCCN1C(=O)CSC1c1cc(C(C)(C)C)c(O)c(C(C)(C)C)c1. The van der Waals surface area contributed by atoms with E-state index in [4.69, 9.17) is 0 Å². The number of hydrogen-bond donors (Lipinski definition) is 1. The van der Waals surface area contributed by atoms with E-state index in [1.807, 2.05) is 11.9 Å². The maximum absolute atomic E-state index is 12.8. The molecule has 2 saturated heterocycles. The predicted molar refractivity (Wildman–Crippen MR) is 149 cm³/mol. The summed E-state index contributed by atoms with van der Waals surface area (Å²) in [6, 6.07) is 4.17. The van der Waals surface area contributed by atoms with Gasteiger partial charge in [-0.25, -0.2) is 0 Å². The molecule has 2 fully saturated rings. The van der Waals surface area contributed by atoms with Crippen molar-refractivity contribution in [3.8, 4) is 5.75 Å². The Labute approximate surface area is 224 Å². The van der Waals surface area contributed by atoms with Crippen molar-refractivity contribution in [2.24, 2.45) is 0 Å². The molecule has 1 aromatic carbocycles. The summed E-state index contributed by atoms with van der Waals surface area (Å²) in [6.07, 6.45) is 1.58. The minimum atomic E-state index is -0.218. The highest BCUT2D eigenvalue weighted by atomic mass is 32.2. The van der Waals surface area contributed by atoms with Gasteiger partial charge in [-0.05, 0) is 72.6 Å². The van der Waals surface area contributed by atoms with E-state index in [0.717, 1.165) is 54.4 Å². The molecule has 1 aromatic rings. The molecule has 2 aliphatic heterocycles. The molecule has 1 atom stereocenters. The van der Waals surface area contributed by atoms with Gasteiger partial charge in [0.1, 0.15) is 11.1 Å². The van der Waals surface area contributed by atoms with Crippen LogP contribution in [0.4, 0.5) is 4.79 Å². The summed E-state index contributed by atoms with van der Waals surface area (Å²) in [6.45, 7) is 15.4. The molecular formula is C27H41N3O4S2. The van der Waals surface area contributed by atoms with Crippen LogP contribution in [-0.4, -0.2) is 81.6 Å². The van der Waals surface area contributed by atoms with Crippen LogP contribution >= 0.6 is 23.5 Å². The Morgan fingerprint density at radius 1 is 0.917 bits per heavy atom. The molecule has 0 bridgehead atoms. The molecule has 3 rings (SSSR count). The monoisotopic (exact) mass is 535 g/mol. The van der Waals surface area contributed by atoms with Gasteiger partial charge >= 0.3 is 0 Å². The lowest BCUT2D eigenvalue weighted by molar-refractivity contribution is -0.128. The van der Waals surface area contributed by atoms with Crippen molar-refractivity contribution in [3.63, 3.8) is 0 Å². The molecule has 7 nitrogen and oxygen atoms in total. The van der Waals surface area contributed by atoms with Gasteiger partial charge in [-0.1, -0.05) is 53.3 Å². The summed E-state index contributed by atoms with van der Waals surface area (Å²) >= 11 is 2.73. The Bertz CT molecular complexity index is 949. The number of benzene rings is 1. The molecular weight excluding hydrogens is 494 g/mol. The zero-order valence-electron chi connectivity index (χ0n) is 22.7. The Kier molecular flexibility index (Phi) is 9.10. The quantitative estimate of drug-likeness (QED) is 0.478. The number of phenolic OH excluding ortho intramolecular Hbond substituents is 1. The normalized spacial score (nSPS) is 19.3. The number of carbonyl (C=O) groups is 3. The molecule has 2 heterocycles. The summed E-state index contributed by atoms with van der Waals surface area (Å²) < 4.78 is 0. The second-order valence-corrected chi connectivity index (χ2v) is 13.8. The number of carbonyl (C=O) groups excluding carboxylic acids is 3. The number of phenols is 1. The number of rotatable bonds is 9. The molecule has 0 saturated carbocycles. The molecule has 2 aliphatic rings. The van der Waals surface area contributed by atoms with Crippen molar-refractivity contribution in [1.29, 1.82) is 0 Å². The first kappa shape index (κ1) is 28.9. The summed E-state index contributed by atoms with van der Waals surface area (Å²) in [4.78, 5) is 41.8. The minimum Gasteiger partial charge on any atom is -0.507 e. The maximum atomic E-state index is 12.8. The number of amides is 3. The van der Waals surface area contributed by atoms with Gasteiger partial charge in [0.25, 0.3) is 5.24 Å². The second kappa shape index (κ2) is 11.4. The second-order valence-electron chi connectivity index (χ2n) is 11.8. The van der Waals surface area contributed by atoms with Crippen molar-refractivity contribution in [2.75, 3.05) is 44.7 Å². The van der Waals surface area contributed by atoms with Crippen molar-refractivity contribution in [3.05, 3.63) is 28.8 Å². The lowest BCUT2D eigenvalue weighted by Gasteiger charge is -2.31. The number of hydrogen-bond acceptors (Lipinski definition) is 7. The van der Waals surface area contributed by atoms with E-state index in [1.165, 1.54) is 4.90 Å². The van der Waals surface area contributed by atoms with E-state index in [9.17, 15) is 19.5 Å². The van der Waals surface area contributed by atoms with E-state index in [2.05, 4.69) is 58.6 Å². The Hall–Kier alpha value is -1.71. The smallest absolute Gasteiger partial charge is 0.288 e. The van der Waals surface area contributed by atoms with Crippen LogP contribution in [0.5, 0.6) is 5.75 Å². The molecule has 1 N–H and O–H groups in total. The third-order valence-corrected chi connectivity index (χ3v) is 8.82. The van der Waals surface area contributed by atoms with Gasteiger partial charge in [-0.3, -0.25) is 19.3 Å². The van der Waals surface area contributed by atoms with E-state index in [0.29, 0.717) is 24.6 Å². The number of imide groups is 1. The molecule has 0 radical (unpaired) electrons. The molecule has 9 heteroatoms. The van der Waals surface area contributed by atoms with E-state index in [-0.39, 0.29) is 39.0 Å². The maximum Gasteiger partial charge on any atom is 0.288 e. The van der Waals surface area contributed by atoms with E-state index in [1.54, 1.807) is 11.8 Å². The lowest BCUT2D eigenvalue weighted by Crippen LogP contribution is -2.34. The fourth-order valence-corrected chi connectivity index (χ4v) is 6.58. The molecule has 0 spiro atoms. The van der Waals surface area contributed by atoms with Gasteiger partial charge in [0.05, 0.1) is 11.5 Å². The van der Waals surface area contributed by atoms with Crippen molar-refractivity contribution < 1.29 is 19.5 Å². The van der Waals surface area contributed by atoms with Gasteiger partial charge in [0.2, 0.25) is 11.8 Å². The van der Waals surface area contributed by atoms with Crippen molar-refractivity contribution >= 4 is 40.6 Å². The average molecular weight is 536 g/mol. The van der Waals surface area contributed by atoms with Crippen molar-refractivity contribution in [2.45, 2.75) is 70.6 Å². The first-order valence-electron chi connectivity index (χ1n) is 12.6. The summed E-state index contributed by atoms with van der Waals surface area (Å²) in [7, 11) is 2.03. The van der Waals surface area contributed by atoms with Crippen molar-refractivity contribution in [1.82, 2.24) is 14.7 Å². The van der Waals surface area contributed by atoms with Crippen LogP contribution in [0.3, 0.4) is 0 Å². The zero-order chi connectivity index (χ0) is 26.8. The van der Waals surface area contributed by atoms with Gasteiger partial charge in [-0.2, -0.15) is 0 Å². The van der Waals surface area contributed by atoms with Crippen LogP contribution in [0.25, 0.3) is 0 Å². The van der Waals surface area contributed by atoms with Crippen LogP contribution in [0.2, 0.25) is 0 Å². The highest BCUT2D eigenvalue weighted by molar-refractivity contribution is 8.14. The Morgan fingerprint density at radius 3 is 1.97 bits per heavy atom. The molecule has 0 aromatic heterocycles. The van der Waals surface area contributed by atoms with Gasteiger partial charge in [0, 0.05) is 13.1 Å². The minimum absolute atomic E-state index is 0.0599. The highest BCUT2D eigenvalue weighted by Crippen LogP contribution is 2.45. The standard InChI is InChI=1S/C27H41N3O4S2/c1-26(2,3)19-14-18(15-20(23(19)33)27(4,5)6)24-29(21(31)16-35-24)12-8-10-28(7)11-9-13-30-22(32)17-36-25(30)34/h14-15,24,33H,8-13,16-17H2,1-7H3. The third-order valence-electron chi connectivity index (χ3n) is 6.70. The van der Waals surface area contributed by atoms with Crippen LogP contribution in [0, 0.1) is 0 Å². The highest BCUT2D eigenvalue weighted by Gasteiger charge is 2.35. The van der Waals surface area contributed by atoms with Gasteiger partial charge < -0.3 is 14.9 Å². The van der Waals surface area contributed by atoms with Gasteiger partial charge in [0.15, 0.2) is 0 Å². The summed E-state index contributed by atoms with van der Waals surface area (Å²) in [5.41, 5.74) is 2.47. The Morgan fingerprint density at radius 2 is 1.47 bits per heavy atom. The topological polar surface area (TPSA) is 81.2 Å². The van der Waals surface area contributed by atoms with Gasteiger partial charge in [-0.15, -0.1) is 11.8 Å². The van der Waals surface area contributed by atoms with E-state index >= 15 is 0 Å². The van der Waals surface area contributed by atoms with Crippen LogP contribution in [-0.2, 0) is 20.4 Å². The lowest BCUT2D eigenvalue weighted by atomic mass is 9.78. The molecule has 1 unspecified atom stereocenters. The van der Waals surface area contributed by atoms with Crippen LogP contribution in [0.1, 0.15) is 76.4 Å². The fourth-order valence-electron chi connectivity index (χ4n) is 4.63. The molecule has 3 amide bonds. The number of nitrogens with zero attached hydrogens (tertiary/aromatic N) is 3. The predicted octanol–water partition coefficient (Wildman–Crippen LogP) is 4.97. The summed E-state index contributed by atoms with van der Waals surface area (Å²) in [5.74, 6) is 1.14. The first-order chi connectivity index (χ1) is 16.7. The first-order valence-corrected chi connectivity index (χ1v) is 14.7. The molecule has 0 aliphatic carbocycles. The van der Waals surface area contributed by atoms with E-state index < -0.39 is 0 Å².